The summed E-state index contributed by atoms with van der Waals surface area (Å²) in [5.41, 5.74) is 2.94. The highest BCUT2D eigenvalue weighted by Gasteiger charge is 2.20. The van der Waals surface area contributed by atoms with Crippen LogP contribution in [0.2, 0.25) is 5.02 Å². The lowest BCUT2D eigenvalue weighted by molar-refractivity contribution is 0.112. The van der Waals surface area contributed by atoms with E-state index in [-0.39, 0.29) is 0 Å². The average Bonchev–Trinajstić information content (AvgIpc) is 2.62. The van der Waals surface area contributed by atoms with Crippen molar-refractivity contribution >= 4 is 17.9 Å². The Morgan fingerprint density at radius 1 is 1.50 bits per heavy atom. The fraction of sp³-hybridized carbons (Fsp3) is 0.364. The molecular weight excluding hydrogens is 200 g/mol. The van der Waals surface area contributed by atoms with E-state index in [0.29, 0.717) is 16.3 Å². The van der Waals surface area contributed by atoms with Crippen LogP contribution in [0.3, 0.4) is 0 Å². The fourth-order valence-corrected chi connectivity index (χ4v) is 2.36. The summed E-state index contributed by atoms with van der Waals surface area (Å²) >= 11 is 6.01. The minimum Gasteiger partial charge on any atom is -0.494 e. The van der Waals surface area contributed by atoms with Crippen molar-refractivity contribution in [1.29, 1.82) is 0 Å². The summed E-state index contributed by atoms with van der Waals surface area (Å²) < 4.78 is 5.13. The highest BCUT2D eigenvalue weighted by atomic mass is 35.5. The number of carbonyl (C=O) groups is 1. The highest BCUT2D eigenvalue weighted by Crippen LogP contribution is 2.36. The van der Waals surface area contributed by atoms with Gasteiger partial charge in [0.15, 0.2) is 6.29 Å². The molecule has 2 rings (SSSR count). The number of methoxy groups -OCH3 is 1. The van der Waals surface area contributed by atoms with Crippen LogP contribution >= 0.6 is 11.6 Å². The second kappa shape index (κ2) is 3.62. The van der Waals surface area contributed by atoms with E-state index in [1.807, 2.05) is 6.07 Å². The Morgan fingerprint density at radius 2 is 2.29 bits per heavy atom. The third-order valence-corrected chi connectivity index (χ3v) is 2.95. The van der Waals surface area contributed by atoms with Gasteiger partial charge in [-0.2, -0.15) is 0 Å². The molecule has 1 aromatic carbocycles. The van der Waals surface area contributed by atoms with Gasteiger partial charge >= 0.3 is 0 Å². The van der Waals surface area contributed by atoms with Crippen molar-refractivity contribution in [3.05, 3.63) is 27.8 Å². The molecule has 3 heteroatoms. The maximum atomic E-state index is 11.0. The van der Waals surface area contributed by atoms with Gasteiger partial charge in [0.25, 0.3) is 0 Å². The molecule has 0 fully saturated rings. The van der Waals surface area contributed by atoms with Gasteiger partial charge in [-0.05, 0) is 36.5 Å². The van der Waals surface area contributed by atoms with Crippen LogP contribution in [0.25, 0.3) is 0 Å². The lowest BCUT2D eigenvalue weighted by Gasteiger charge is -2.10. The molecule has 0 amide bonds. The monoisotopic (exact) mass is 210 g/mol. The van der Waals surface area contributed by atoms with Gasteiger partial charge in [0.2, 0.25) is 0 Å². The number of hydrogen-bond donors (Lipinski definition) is 0. The number of hydrogen-bond acceptors (Lipinski definition) is 2. The molecule has 0 spiro atoms. The Bertz CT molecular complexity index is 382. The highest BCUT2D eigenvalue weighted by molar-refractivity contribution is 6.32. The quantitative estimate of drug-likeness (QED) is 0.702. The summed E-state index contributed by atoms with van der Waals surface area (Å²) in [4.78, 5) is 11.0. The summed E-state index contributed by atoms with van der Waals surface area (Å²) in [7, 11) is 1.54. The van der Waals surface area contributed by atoms with Crippen LogP contribution in [-0.2, 0) is 12.8 Å². The molecule has 0 radical (unpaired) electrons. The lowest BCUT2D eigenvalue weighted by atomic mass is 10.0. The molecule has 14 heavy (non-hydrogen) atoms. The van der Waals surface area contributed by atoms with Gasteiger partial charge in [-0.1, -0.05) is 11.6 Å². The van der Waals surface area contributed by atoms with Crippen molar-refractivity contribution in [1.82, 2.24) is 0 Å². The van der Waals surface area contributed by atoms with Gasteiger partial charge in [0.05, 0.1) is 17.7 Å². The van der Waals surface area contributed by atoms with Crippen molar-refractivity contribution in [2.75, 3.05) is 7.11 Å². The van der Waals surface area contributed by atoms with Crippen molar-refractivity contribution < 1.29 is 9.53 Å². The van der Waals surface area contributed by atoms with Gasteiger partial charge in [0.1, 0.15) is 5.75 Å². The van der Waals surface area contributed by atoms with Crippen LogP contribution in [-0.4, -0.2) is 13.4 Å². The van der Waals surface area contributed by atoms with E-state index in [0.717, 1.165) is 31.1 Å². The normalized spacial score (nSPS) is 13.9. The van der Waals surface area contributed by atoms with E-state index in [9.17, 15) is 4.79 Å². The Kier molecular flexibility index (Phi) is 2.46. The van der Waals surface area contributed by atoms with Crippen LogP contribution < -0.4 is 4.74 Å². The largest absolute Gasteiger partial charge is 0.494 e. The van der Waals surface area contributed by atoms with Gasteiger partial charge in [0, 0.05) is 0 Å². The van der Waals surface area contributed by atoms with E-state index in [1.54, 1.807) is 0 Å². The first-order valence-corrected chi connectivity index (χ1v) is 4.99. The summed E-state index contributed by atoms with van der Waals surface area (Å²) in [6, 6.07) is 1.91. The van der Waals surface area contributed by atoms with Crippen molar-refractivity contribution in [2.24, 2.45) is 0 Å². The molecule has 0 aliphatic heterocycles. The molecule has 0 saturated heterocycles. The molecular formula is C11H11ClO2. The van der Waals surface area contributed by atoms with Crippen LogP contribution in [0.5, 0.6) is 5.75 Å². The SMILES string of the molecule is COc1c(Cl)cc2c(c1C=O)CCC2. The lowest BCUT2D eigenvalue weighted by Crippen LogP contribution is -1.98. The standard InChI is InChI=1S/C11H11ClO2/c1-14-11-9(6-13)8-4-2-3-7(8)5-10(11)12/h5-6H,2-4H2,1H3. The smallest absolute Gasteiger partial charge is 0.154 e. The zero-order chi connectivity index (χ0) is 10.1. The molecule has 0 saturated carbocycles. The topological polar surface area (TPSA) is 26.3 Å². The van der Waals surface area contributed by atoms with Crippen molar-refractivity contribution in [3.8, 4) is 5.75 Å². The molecule has 0 unspecified atom stereocenters. The third kappa shape index (κ3) is 1.30. The number of aldehydes is 1. The second-order valence-corrected chi connectivity index (χ2v) is 3.82. The zero-order valence-corrected chi connectivity index (χ0v) is 8.73. The Morgan fingerprint density at radius 3 is 2.93 bits per heavy atom. The van der Waals surface area contributed by atoms with Crippen molar-refractivity contribution in [2.45, 2.75) is 19.3 Å². The summed E-state index contributed by atoms with van der Waals surface area (Å²) in [5.74, 6) is 0.516. The molecule has 74 valence electrons. The van der Waals surface area contributed by atoms with Gasteiger partial charge in [-0.15, -0.1) is 0 Å². The average molecular weight is 211 g/mol. The molecule has 1 aliphatic carbocycles. The van der Waals surface area contributed by atoms with Crippen LogP contribution in [0.4, 0.5) is 0 Å². The minimum absolute atomic E-state index is 0.516. The number of ether oxygens (including phenoxy) is 1. The molecule has 0 N–H and O–H groups in total. The summed E-state index contributed by atoms with van der Waals surface area (Å²) in [6.07, 6.45) is 3.91. The Balaban J connectivity index is 2.68. The van der Waals surface area contributed by atoms with Crippen LogP contribution in [0.15, 0.2) is 6.07 Å². The fourth-order valence-electron chi connectivity index (χ4n) is 2.05. The number of carbonyl (C=O) groups excluding carboxylic acids is 1. The number of halogens is 1. The number of benzene rings is 1. The first-order valence-electron chi connectivity index (χ1n) is 4.61. The predicted molar refractivity (Wildman–Crippen MR) is 55.4 cm³/mol. The van der Waals surface area contributed by atoms with Gasteiger partial charge in [-0.25, -0.2) is 0 Å². The molecule has 0 bridgehead atoms. The van der Waals surface area contributed by atoms with Gasteiger partial charge < -0.3 is 4.74 Å². The number of aryl methyl sites for hydroxylation is 1. The molecule has 2 nitrogen and oxygen atoms in total. The molecule has 1 aromatic rings. The summed E-state index contributed by atoms with van der Waals surface area (Å²) in [6.45, 7) is 0. The van der Waals surface area contributed by atoms with E-state index >= 15 is 0 Å². The number of rotatable bonds is 2. The predicted octanol–water partition coefficient (Wildman–Crippen LogP) is 2.65. The first kappa shape index (κ1) is 9.53. The minimum atomic E-state index is 0.516. The molecule has 0 heterocycles. The molecule has 0 atom stereocenters. The van der Waals surface area contributed by atoms with E-state index in [4.69, 9.17) is 16.3 Å². The third-order valence-electron chi connectivity index (χ3n) is 2.67. The molecule has 0 aromatic heterocycles. The van der Waals surface area contributed by atoms with Crippen LogP contribution in [0.1, 0.15) is 27.9 Å². The molecule has 1 aliphatic rings. The first-order chi connectivity index (χ1) is 6.77. The Labute approximate surface area is 87.8 Å². The maximum Gasteiger partial charge on any atom is 0.154 e. The van der Waals surface area contributed by atoms with E-state index in [1.165, 1.54) is 12.7 Å². The maximum absolute atomic E-state index is 11.0. The zero-order valence-electron chi connectivity index (χ0n) is 7.97. The van der Waals surface area contributed by atoms with E-state index in [2.05, 4.69) is 0 Å². The van der Waals surface area contributed by atoms with Gasteiger partial charge in [-0.3, -0.25) is 4.79 Å². The van der Waals surface area contributed by atoms with Crippen molar-refractivity contribution in [3.63, 3.8) is 0 Å². The number of fused-ring (bicyclic) bond motifs is 1. The summed E-state index contributed by atoms with van der Waals surface area (Å²) in [5, 5.41) is 0.537. The Hall–Kier alpha value is -1.02. The van der Waals surface area contributed by atoms with E-state index < -0.39 is 0 Å². The second-order valence-electron chi connectivity index (χ2n) is 3.41. The van der Waals surface area contributed by atoms with Crippen LogP contribution in [0, 0.1) is 0 Å².